The highest BCUT2D eigenvalue weighted by molar-refractivity contribution is 5.83. The number of nitrogens with zero attached hydrogens (tertiary/aromatic N) is 1. The molecule has 2 N–H and O–H groups in total. The molecule has 1 aromatic rings. The highest BCUT2D eigenvalue weighted by atomic mass is 16.6. The summed E-state index contributed by atoms with van der Waals surface area (Å²) in [6, 6.07) is 4.11. The van der Waals surface area contributed by atoms with Gasteiger partial charge in [0.1, 0.15) is 0 Å². The highest BCUT2D eigenvalue weighted by Crippen LogP contribution is 2.17. The standard InChI is InChI=1S/C10H10N2O3/c11-5-1-2-8-3-4-10(12(14)15)6-9(8)7-13/h1-4,6-7H,5,11H2. The van der Waals surface area contributed by atoms with Crippen molar-refractivity contribution in [3.05, 3.63) is 45.5 Å². The molecule has 0 spiro atoms. The number of benzene rings is 1. The first-order chi connectivity index (χ1) is 7.19. The first-order valence-corrected chi connectivity index (χ1v) is 4.29. The topological polar surface area (TPSA) is 86.2 Å². The van der Waals surface area contributed by atoms with Crippen molar-refractivity contribution in [1.29, 1.82) is 0 Å². The largest absolute Gasteiger partial charge is 0.327 e. The fourth-order valence-corrected chi connectivity index (χ4v) is 1.12. The fourth-order valence-electron chi connectivity index (χ4n) is 1.12. The molecule has 0 radical (unpaired) electrons. The summed E-state index contributed by atoms with van der Waals surface area (Å²) in [6.07, 6.45) is 3.92. The van der Waals surface area contributed by atoms with Crippen LogP contribution in [-0.4, -0.2) is 17.8 Å². The second kappa shape index (κ2) is 5.02. The summed E-state index contributed by atoms with van der Waals surface area (Å²) >= 11 is 0. The summed E-state index contributed by atoms with van der Waals surface area (Å²) in [6.45, 7) is 0.356. The predicted octanol–water partition coefficient (Wildman–Crippen LogP) is 1.38. The third-order valence-corrected chi connectivity index (χ3v) is 1.84. The van der Waals surface area contributed by atoms with Gasteiger partial charge < -0.3 is 5.73 Å². The Bertz CT molecular complexity index is 413. The van der Waals surface area contributed by atoms with Crippen molar-refractivity contribution in [1.82, 2.24) is 0 Å². The van der Waals surface area contributed by atoms with E-state index in [1.165, 1.54) is 18.2 Å². The minimum absolute atomic E-state index is 0.0954. The lowest BCUT2D eigenvalue weighted by molar-refractivity contribution is -0.384. The molecule has 78 valence electrons. The molecular weight excluding hydrogens is 196 g/mol. The molecule has 1 rings (SSSR count). The average molecular weight is 206 g/mol. The van der Waals surface area contributed by atoms with Gasteiger partial charge >= 0.3 is 0 Å². The van der Waals surface area contributed by atoms with Crippen molar-refractivity contribution in [2.45, 2.75) is 0 Å². The predicted molar refractivity (Wildman–Crippen MR) is 56.6 cm³/mol. The number of nitro benzene ring substituents is 1. The van der Waals surface area contributed by atoms with E-state index in [1.807, 2.05) is 0 Å². The lowest BCUT2D eigenvalue weighted by Gasteiger charge is -1.98. The van der Waals surface area contributed by atoms with Crippen molar-refractivity contribution < 1.29 is 9.72 Å². The van der Waals surface area contributed by atoms with E-state index < -0.39 is 4.92 Å². The summed E-state index contributed by atoms with van der Waals surface area (Å²) in [5.74, 6) is 0. The first kappa shape index (κ1) is 11.1. The van der Waals surface area contributed by atoms with E-state index in [2.05, 4.69) is 0 Å². The second-order valence-electron chi connectivity index (χ2n) is 2.83. The van der Waals surface area contributed by atoms with E-state index in [0.717, 1.165) is 0 Å². The molecule has 0 amide bonds. The van der Waals surface area contributed by atoms with Gasteiger partial charge in [-0.15, -0.1) is 0 Å². The smallest absolute Gasteiger partial charge is 0.270 e. The van der Waals surface area contributed by atoms with Crippen LogP contribution in [-0.2, 0) is 0 Å². The SMILES string of the molecule is NCC=Cc1ccc([N+](=O)[O-])cc1C=O. The van der Waals surface area contributed by atoms with Crippen molar-refractivity contribution in [3.8, 4) is 0 Å². The Morgan fingerprint density at radius 2 is 2.13 bits per heavy atom. The monoisotopic (exact) mass is 206 g/mol. The molecule has 0 fully saturated rings. The highest BCUT2D eigenvalue weighted by Gasteiger charge is 2.08. The minimum Gasteiger partial charge on any atom is -0.327 e. The molecule has 0 aliphatic heterocycles. The normalized spacial score (nSPS) is 10.5. The Balaban J connectivity index is 3.14. The van der Waals surface area contributed by atoms with Crippen LogP contribution in [0.5, 0.6) is 0 Å². The Morgan fingerprint density at radius 3 is 2.67 bits per heavy atom. The molecule has 15 heavy (non-hydrogen) atoms. The van der Waals surface area contributed by atoms with Crippen LogP contribution in [0.15, 0.2) is 24.3 Å². The molecule has 0 aromatic heterocycles. The van der Waals surface area contributed by atoms with Crippen LogP contribution in [0.3, 0.4) is 0 Å². The number of nitro groups is 1. The molecule has 0 saturated heterocycles. The van der Waals surface area contributed by atoms with E-state index in [9.17, 15) is 14.9 Å². The number of carbonyl (C=O) groups excluding carboxylic acids is 1. The Hall–Kier alpha value is -2.01. The summed E-state index contributed by atoms with van der Waals surface area (Å²) in [4.78, 5) is 20.6. The van der Waals surface area contributed by atoms with E-state index in [1.54, 1.807) is 12.2 Å². The van der Waals surface area contributed by atoms with E-state index >= 15 is 0 Å². The van der Waals surface area contributed by atoms with Crippen molar-refractivity contribution in [2.75, 3.05) is 6.54 Å². The van der Waals surface area contributed by atoms with Gasteiger partial charge in [-0.2, -0.15) is 0 Å². The lowest BCUT2D eigenvalue weighted by atomic mass is 10.1. The number of rotatable bonds is 4. The summed E-state index contributed by atoms with van der Waals surface area (Å²) in [7, 11) is 0. The Labute approximate surface area is 86.4 Å². The molecule has 0 bridgehead atoms. The summed E-state index contributed by atoms with van der Waals surface area (Å²) in [5, 5.41) is 10.4. The van der Waals surface area contributed by atoms with Gasteiger partial charge in [0.25, 0.3) is 5.69 Å². The maximum absolute atomic E-state index is 10.7. The van der Waals surface area contributed by atoms with E-state index in [4.69, 9.17) is 5.73 Å². The first-order valence-electron chi connectivity index (χ1n) is 4.29. The summed E-state index contributed by atoms with van der Waals surface area (Å²) < 4.78 is 0. The average Bonchev–Trinajstić information content (AvgIpc) is 2.25. The lowest BCUT2D eigenvalue weighted by Crippen LogP contribution is -1.94. The van der Waals surface area contributed by atoms with Crippen LogP contribution in [0.4, 0.5) is 5.69 Å². The van der Waals surface area contributed by atoms with Gasteiger partial charge in [-0.3, -0.25) is 14.9 Å². The molecule has 0 atom stereocenters. The molecule has 5 nitrogen and oxygen atoms in total. The molecule has 0 heterocycles. The second-order valence-corrected chi connectivity index (χ2v) is 2.83. The third kappa shape index (κ3) is 2.72. The molecule has 1 aromatic carbocycles. The van der Waals surface area contributed by atoms with Gasteiger partial charge in [0.2, 0.25) is 0 Å². The van der Waals surface area contributed by atoms with E-state index in [0.29, 0.717) is 18.4 Å². The Kier molecular flexibility index (Phi) is 3.70. The maximum Gasteiger partial charge on any atom is 0.270 e. The number of hydrogen-bond donors (Lipinski definition) is 1. The molecule has 0 aliphatic rings. The molecule has 0 aliphatic carbocycles. The van der Waals surface area contributed by atoms with Gasteiger partial charge in [0.05, 0.1) is 4.92 Å². The molecular formula is C10H10N2O3. The summed E-state index contributed by atoms with van der Waals surface area (Å²) in [5.41, 5.74) is 6.08. The van der Waals surface area contributed by atoms with Gasteiger partial charge in [-0.1, -0.05) is 12.2 Å². The van der Waals surface area contributed by atoms with Crippen LogP contribution in [0, 0.1) is 10.1 Å². The van der Waals surface area contributed by atoms with Crippen LogP contribution in [0.25, 0.3) is 6.08 Å². The number of carbonyl (C=O) groups is 1. The van der Waals surface area contributed by atoms with Crippen molar-refractivity contribution in [3.63, 3.8) is 0 Å². The van der Waals surface area contributed by atoms with Crippen molar-refractivity contribution in [2.24, 2.45) is 5.73 Å². The van der Waals surface area contributed by atoms with Gasteiger partial charge in [0, 0.05) is 24.2 Å². The van der Waals surface area contributed by atoms with Gasteiger partial charge in [0.15, 0.2) is 6.29 Å². The van der Waals surface area contributed by atoms with Crippen LogP contribution >= 0.6 is 0 Å². The minimum atomic E-state index is -0.538. The number of hydrogen-bond acceptors (Lipinski definition) is 4. The van der Waals surface area contributed by atoms with Gasteiger partial charge in [-0.05, 0) is 11.6 Å². The third-order valence-electron chi connectivity index (χ3n) is 1.84. The fraction of sp³-hybridized carbons (Fsp3) is 0.100. The maximum atomic E-state index is 10.7. The molecule has 0 unspecified atom stereocenters. The zero-order valence-electron chi connectivity index (χ0n) is 7.92. The molecule has 5 heteroatoms. The quantitative estimate of drug-likeness (QED) is 0.458. The van der Waals surface area contributed by atoms with Crippen LogP contribution in [0.1, 0.15) is 15.9 Å². The number of nitrogens with two attached hydrogens (primary N) is 1. The molecule has 0 saturated carbocycles. The number of aldehydes is 1. The zero-order chi connectivity index (χ0) is 11.3. The van der Waals surface area contributed by atoms with Crippen LogP contribution in [0.2, 0.25) is 0 Å². The van der Waals surface area contributed by atoms with Crippen LogP contribution < -0.4 is 5.73 Å². The van der Waals surface area contributed by atoms with E-state index in [-0.39, 0.29) is 11.3 Å². The zero-order valence-corrected chi connectivity index (χ0v) is 7.92. The number of non-ortho nitro benzene ring substituents is 1. The van der Waals surface area contributed by atoms with Gasteiger partial charge in [-0.25, -0.2) is 0 Å². The van der Waals surface area contributed by atoms with Crippen molar-refractivity contribution >= 4 is 18.0 Å². The Morgan fingerprint density at radius 1 is 1.40 bits per heavy atom.